The molecule has 0 bridgehead atoms. The predicted molar refractivity (Wildman–Crippen MR) is 108 cm³/mol. The lowest BCUT2D eigenvalue weighted by Gasteiger charge is -2.19. The smallest absolute Gasteiger partial charge is 0.223 e. The van der Waals surface area contributed by atoms with Crippen LogP contribution in [0.15, 0.2) is 59.8 Å². The van der Waals surface area contributed by atoms with E-state index in [1.54, 1.807) is 24.3 Å². The summed E-state index contributed by atoms with van der Waals surface area (Å²) in [6.45, 7) is 6.19. The highest BCUT2D eigenvalue weighted by molar-refractivity contribution is 7.98. The van der Waals surface area contributed by atoms with Crippen molar-refractivity contribution in [2.45, 2.75) is 37.1 Å². The summed E-state index contributed by atoms with van der Waals surface area (Å²) in [6.07, 6.45) is 0. The standard InChI is InChI=1S/C21H20ClFN2OS/c1-21(2,3)18-12-19(26-17-10-5-4-9-16(17)23)25-20(24-18)27-13-14-7-6-8-15(22)11-14/h4-12H,13H2,1-3H3. The molecule has 0 aliphatic rings. The van der Waals surface area contributed by atoms with Crippen LogP contribution in [0.2, 0.25) is 5.02 Å². The molecule has 27 heavy (non-hydrogen) atoms. The largest absolute Gasteiger partial charge is 0.436 e. The van der Waals surface area contributed by atoms with E-state index in [0.29, 0.717) is 21.8 Å². The first-order valence-electron chi connectivity index (χ1n) is 8.50. The van der Waals surface area contributed by atoms with Crippen LogP contribution < -0.4 is 4.74 Å². The Hall–Kier alpha value is -2.11. The van der Waals surface area contributed by atoms with Crippen LogP contribution in [0.1, 0.15) is 32.0 Å². The molecule has 2 aromatic carbocycles. The Morgan fingerprint density at radius 3 is 2.52 bits per heavy atom. The van der Waals surface area contributed by atoms with Gasteiger partial charge in [0.05, 0.1) is 5.69 Å². The van der Waals surface area contributed by atoms with Gasteiger partial charge >= 0.3 is 0 Å². The number of rotatable bonds is 5. The molecule has 140 valence electrons. The molecule has 0 fully saturated rings. The summed E-state index contributed by atoms with van der Waals surface area (Å²) in [5, 5.41) is 1.27. The number of thioether (sulfide) groups is 1. The molecule has 0 aliphatic heterocycles. The van der Waals surface area contributed by atoms with E-state index in [2.05, 4.69) is 30.7 Å². The zero-order valence-corrected chi connectivity index (χ0v) is 16.9. The maximum atomic E-state index is 13.9. The van der Waals surface area contributed by atoms with Crippen molar-refractivity contribution in [2.24, 2.45) is 0 Å². The molecule has 0 unspecified atom stereocenters. The van der Waals surface area contributed by atoms with E-state index in [9.17, 15) is 4.39 Å². The number of ether oxygens (including phenoxy) is 1. The van der Waals surface area contributed by atoms with Crippen LogP contribution in [-0.2, 0) is 11.2 Å². The number of benzene rings is 2. The molecule has 3 aromatic rings. The fourth-order valence-corrected chi connectivity index (χ4v) is 3.33. The van der Waals surface area contributed by atoms with Crippen LogP contribution in [0.3, 0.4) is 0 Å². The summed E-state index contributed by atoms with van der Waals surface area (Å²) >= 11 is 7.53. The summed E-state index contributed by atoms with van der Waals surface area (Å²) in [6, 6.07) is 15.7. The molecule has 0 spiro atoms. The van der Waals surface area contributed by atoms with Crippen molar-refractivity contribution >= 4 is 23.4 Å². The summed E-state index contributed by atoms with van der Waals surface area (Å²) in [5.41, 5.74) is 1.72. The van der Waals surface area contributed by atoms with Crippen molar-refractivity contribution in [1.29, 1.82) is 0 Å². The highest BCUT2D eigenvalue weighted by Gasteiger charge is 2.19. The molecule has 0 amide bonds. The van der Waals surface area contributed by atoms with E-state index >= 15 is 0 Å². The molecular weight excluding hydrogens is 383 g/mol. The summed E-state index contributed by atoms with van der Waals surface area (Å²) in [4.78, 5) is 9.10. The lowest BCUT2D eigenvalue weighted by Crippen LogP contribution is -2.14. The van der Waals surface area contributed by atoms with Gasteiger partial charge < -0.3 is 4.74 Å². The van der Waals surface area contributed by atoms with Gasteiger partial charge in [0.2, 0.25) is 5.88 Å². The first-order chi connectivity index (χ1) is 12.8. The van der Waals surface area contributed by atoms with Gasteiger partial charge in [0.15, 0.2) is 16.7 Å². The molecule has 0 radical (unpaired) electrons. The van der Waals surface area contributed by atoms with Crippen molar-refractivity contribution in [1.82, 2.24) is 9.97 Å². The van der Waals surface area contributed by atoms with Crippen molar-refractivity contribution in [3.8, 4) is 11.6 Å². The summed E-state index contributed by atoms with van der Waals surface area (Å²) < 4.78 is 19.6. The highest BCUT2D eigenvalue weighted by Crippen LogP contribution is 2.30. The van der Waals surface area contributed by atoms with Crippen molar-refractivity contribution in [2.75, 3.05) is 0 Å². The third-order valence-corrected chi connectivity index (χ3v) is 4.91. The third kappa shape index (κ3) is 5.44. The van der Waals surface area contributed by atoms with Crippen molar-refractivity contribution in [3.05, 3.63) is 76.7 Å². The van der Waals surface area contributed by atoms with Gasteiger partial charge in [-0.2, -0.15) is 4.98 Å². The SMILES string of the molecule is CC(C)(C)c1cc(Oc2ccccc2F)nc(SCc2cccc(Cl)c2)n1. The summed E-state index contributed by atoms with van der Waals surface area (Å²) in [5.74, 6) is 0.713. The summed E-state index contributed by atoms with van der Waals surface area (Å²) in [7, 11) is 0. The number of para-hydroxylation sites is 1. The second kappa shape index (κ2) is 8.28. The Labute approximate surface area is 168 Å². The molecule has 3 nitrogen and oxygen atoms in total. The van der Waals surface area contributed by atoms with Gasteiger partial charge in [0.1, 0.15) is 0 Å². The van der Waals surface area contributed by atoms with Crippen molar-refractivity contribution < 1.29 is 9.13 Å². The number of halogens is 2. The Morgan fingerprint density at radius 1 is 1.04 bits per heavy atom. The van der Waals surface area contributed by atoms with E-state index in [1.165, 1.54) is 17.8 Å². The molecule has 1 aromatic heterocycles. The minimum atomic E-state index is -0.429. The quantitative estimate of drug-likeness (QED) is 0.353. The van der Waals surface area contributed by atoms with E-state index in [1.807, 2.05) is 24.3 Å². The monoisotopic (exact) mass is 402 g/mol. The second-order valence-electron chi connectivity index (χ2n) is 7.08. The molecule has 0 N–H and O–H groups in total. The number of hydrogen-bond acceptors (Lipinski definition) is 4. The molecule has 0 saturated heterocycles. The predicted octanol–water partition coefficient (Wildman–Crippen LogP) is 6.65. The van der Waals surface area contributed by atoms with Crippen LogP contribution in [-0.4, -0.2) is 9.97 Å². The minimum absolute atomic E-state index is 0.141. The maximum Gasteiger partial charge on any atom is 0.223 e. The Bertz CT molecular complexity index is 943. The zero-order chi connectivity index (χ0) is 19.4. The Kier molecular flexibility index (Phi) is 6.02. The van der Waals surface area contributed by atoms with E-state index in [-0.39, 0.29) is 11.2 Å². The van der Waals surface area contributed by atoms with Crippen LogP contribution in [0.25, 0.3) is 0 Å². The molecule has 1 heterocycles. The maximum absolute atomic E-state index is 13.9. The third-order valence-electron chi connectivity index (χ3n) is 3.76. The fourth-order valence-electron chi connectivity index (χ4n) is 2.32. The van der Waals surface area contributed by atoms with Gasteiger partial charge in [-0.3, -0.25) is 0 Å². The molecule has 3 rings (SSSR count). The lowest BCUT2D eigenvalue weighted by molar-refractivity contribution is 0.417. The highest BCUT2D eigenvalue weighted by atomic mass is 35.5. The average Bonchev–Trinajstić information content (AvgIpc) is 2.61. The fraction of sp³-hybridized carbons (Fsp3) is 0.238. The van der Waals surface area contributed by atoms with E-state index < -0.39 is 5.82 Å². The first-order valence-corrected chi connectivity index (χ1v) is 9.87. The van der Waals surface area contributed by atoms with E-state index in [4.69, 9.17) is 16.3 Å². The van der Waals surface area contributed by atoms with Gasteiger partial charge in [0.25, 0.3) is 0 Å². The number of hydrogen-bond donors (Lipinski definition) is 0. The molecule has 0 saturated carbocycles. The topological polar surface area (TPSA) is 35.0 Å². The van der Waals surface area contributed by atoms with Crippen LogP contribution in [0.5, 0.6) is 11.6 Å². The zero-order valence-electron chi connectivity index (χ0n) is 15.4. The van der Waals surface area contributed by atoms with Crippen LogP contribution in [0.4, 0.5) is 4.39 Å². The lowest BCUT2D eigenvalue weighted by atomic mass is 9.92. The van der Waals surface area contributed by atoms with Gasteiger partial charge in [-0.05, 0) is 29.8 Å². The van der Waals surface area contributed by atoms with Crippen LogP contribution >= 0.6 is 23.4 Å². The molecular formula is C21H20ClFN2OS. The van der Waals surface area contributed by atoms with Gasteiger partial charge in [-0.15, -0.1) is 0 Å². The normalized spacial score (nSPS) is 11.4. The van der Waals surface area contributed by atoms with E-state index in [0.717, 1.165) is 11.3 Å². The Balaban J connectivity index is 1.87. The number of nitrogens with zero attached hydrogens (tertiary/aromatic N) is 2. The van der Waals surface area contributed by atoms with Crippen molar-refractivity contribution in [3.63, 3.8) is 0 Å². The van der Waals surface area contributed by atoms with Gasteiger partial charge in [-0.1, -0.05) is 68.4 Å². The average molecular weight is 403 g/mol. The number of aromatic nitrogens is 2. The molecule has 6 heteroatoms. The molecule has 0 aliphatic carbocycles. The van der Waals surface area contributed by atoms with Gasteiger partial charge in [0, 0.05) is 22.3 Å². The van der Waals surface area contributed by atoms with Crippen LogP contribution in [0, 0.1) is 5.82 Å². The minimum Gasteiger partial charge on any atom is -0.436 e. The first kappa shape index (κ1) is 19.6. The Morgan fingerprint density at radius 2 is 1.81 bits per heavy atom. The second-order valence-corrected chi connectivity index (χ2v) is 8.45. The van der Waals surface area contributed by atoms with Gasteiger partial charge in [-0.25, -0.2) is 9.37 Å². The molecule has 0 atom stereocenters.